The summed E-state index contributed by atoms with van der Waals surface area (Å²) in [5.74, 6) is -0.117. The zero-order valence-corrected chi connectivity index (χ0v) is 40.5. The summed E-state index contributed by atoms with van der Waals surface area (Å²) in [6.45, 7) is 11.4. The minimum absolute atomic E-state index is 0.0110. The highest BCUT2D eigenvalue weighted by atomic mass is 16.5. The minimum Gasteiger partial charge on any atom is -0.465 e. The van der Waals surface area contributed by atoms with E-state index in [1.807, 2.05) is 0 Å². The molecule has 0 saturated carbocycles. The molecule has 7 heteroatoms. The molecule has 1 saturated heterocycles. The molecule has 0 aromatic rings. The van der Waals surface area contributed by atoms with Crippen LogP contribution in [0, 0.1) is 0 Å². The van der Waals surface area contributed by atoms with E-state index in [0.29, 0.717) is 19.4 Å². The number of esters is 3. The van der Waals surface area contributed by atoms with Gasteiger partial charge in [0.2, 0.25) is 0 Å². The molecule has 1 fully saturated rings. The van der Waals surface area contributed by atoms with Gasteiger partial charge in [0.1, 0.15) is 18.2 Å². The lowest BCUT2D eigenvalue weighted by Gasteiger charge is -2.23. The van der Waals surface area contributed by atoms with Gasteiger partial charge < -0.3 is 14.2 Å². The topological polar surface area (TPSA) is 82.1 Å². The number of carbonyl (C=O) groups excluding carboxylic acids is 3. The van der Waals surface area contributed by atoms with E-state index < -0.39 is 0 Å². The Bertz CT molecular complexity index is 941. The lowest BCUT2D eigenvalue weighted by atomic mass is 10.0. The maximum absolute atomic E-state index is 13.0. The van der Waals surface area contributed by atoms with E-state index in [1.165, 1.54) is 141 Å². The average Bonchev–Trinajstić information content (AvgIpc) is 3.72. The summed E-state index contributed by atoms with van der Waals surface area (Å²) in [4.78, 5) is 40.8. The van der Waals surface area contributed by atoms with Crippen LogP contribution in [0.15, 0.2) is 0 Å². The Morgan fingerprint density at radius 1 is 0.450 bits per heavy atom. The number of likely N-dealkylation sites (tertiary alicyclic amines) is 1. The van der Waals surface area contributed by atoms with Crippen molar-refractivity contribution in [3.05, 3.63) is 0 Å². The van der Waals surface area contributed by atoms with Crippen LogP contribution in [0.5, 0.6) is 0 Å². The summed E-state index contributed by atoms with van der Waals surface area (Å²) in [5.41, 5.74) is 0. The van der Waals surface area contributed by atoms with Crippen molar-refractivity contribution >= 4 is 17.9 Å². The van der Waals surface area contributed by atoms with Gasteiger partial charge in [-0.3, -0.25) is 19.3 Å². The van der Waals surface area contributed by atoms with E-state index >= 15 is 0 Å². The molecule has 7 nitrogen and oxygen atoms in total. The Labute approximate surface area is 372 Å². The maximum Gasteiger partial charge on any atom is 0.323 e. The summed E-state index contributed by atoms with van der Waals surface area (Å²) in [6.07, 6.45) is 45.2. The monoisotopic (exact) mass is 848 g/mol. The lowest BCUT2D eigenvalue weighted by Crippen LogP contribution is -2.38. The number of ether oxygens (including phenoxy) is 3. The molecule has 0 spiro atoms. The molecule has 1 atom stereocenters. The van der Waals surface area contributed by atoms with E-state index in [2.05, 4.69) is 32.6 Å². The normalized spacial score (nSPS) is 14.4. The SMILES string of the molecule is CCCCCCCCC(CCCCCCCC)OC(=O)CCCCCCOC(=O)C1CCCN1CCCCCCC(=O)OC(CCCCCCCC)CCCCCCCC. The predicted molar refractivity (Wildman–Crippen MR) is 253 cm³/mol. The molecule has 1 aliphatic rings. The quantitative estimate of drug-likeness (QED) is 0.0343. The van der Waals surface area contributed by atoms with Crippen LogP contribution in [0.1, 0.15) is 285 Å². The largest absolute Gasteiger partial charge is 0.465 e. The summed E-state index contributed by atoms with van der Waals surface area (Å²) in [5, 5.41) is 0. The van der Waals surface area contributed by atoms with Crippen LogP contribution in [-0.4, -0.2) is 60.8 Å². The highest BCUT2D eigenvalue weighted by Crippen LogP contribution is 2.22. The average molecular weight is 848 g/mol. The van der Waals surface area contributed by atoms with Crippen LogP contribution in [0.3, 0.4) is 0 Å². The van der Waals surface area contributed by atoms with Gasteiger partial charge >= 0.3 is 17.9 Å². The summed E-state index contributed by atoms with van der Waals surface area (Å²) >= 11 is 0. The molecule has 0 radical (unpaired) electrons. The van der Waals surface area contributed by atoms with Gasteiger partial charge in [0.05, 0.1) is 6.61 Å². The molecule has 1 unspecified atom stereocenters. The first kappa shape index (κ1) is 56.4. The second-order valence-corrected chi connectivity index (χ2v) is 18.6. The summed E-state index contributed by atoms with van der Waals surface area (Å²) in [7, 11) is 0. The van der Waals surface area contributed by atoms with Crippen LogP contribution < -0.4 is 0 Å². The number of hydrogen-bond acceptors (Lipinski definition) is 7. The molecule has 1 heterocycles. The second kappa shape index (κ2) is 42.7. The molecule has 60 heavy (non-hydrogen) atoms. The van der Waals surface area contributed by atoms with Gasteiger partial charge in [-0.15, -0.1) is 0 Å². The second-order valence-electron chi connectivity index (χ2n) is 18.6. The fourth-order valence-electron chi connectivity index (χ4n) is 8.92. The molecule has 1 aliphatic heterocycles. The third kappa shape index (κ3) is 33.9. The van der Waals surface area contributed by atoms with Crippen molar-refractivity contribution < 1.29 is 28.6 Å². The molecular formula is C53H101NO6. The summed E-state index contributed by atoms with van der Waals surface area (Å²) < 4.78 is 17.8. The van der Waals surface area contributed by atoms with Crippen molar-refractivity contribution in [2.75, 3.05) is 19.7 Å². The van der Waals surface area contributed by atoms with Crippen molar-refractivity contribution in [2.24, 2.45) is 0 Å². The molecule has 0 aromatic heterocycles. The van der Waals surface area contributed by atoms with Crippen LogP contribution >= 0.6 is 0 Å². The van der Waals surface area contributed by atoms with Crippen molar-refractivity contribution in [1.82, 2.24) is 4.90 Å². The third-order valence-electron chi connectivity index (χ3n) is 12.8. The summed E-state index contributed by atoms with van der Waals surface area (Å²) in [6, 6.07) is -0.120. The number of rotatable bonds is 45. The molecule has 0 N–H and O–H groups in total. The van der Waals surface area contributed by atoms with Gasteiger partial charge in [-0.2, -0.15) is 0 Å². The first-order chi connectivity index (χ1) is 29.4. The number of hydrogen-bond donors (Lipinski definition) is 0. The van der Waals surface area contributed by atoms with E-state index in [9.17, 15) is 14.4 Å². The molecule has 0 aliphatic carbocycles. The van der Waals surface area contributed by atoms with Gasteiger partial charge in [-0.1, -0.05) is 182 Å². The molecular weight excluding hydrogens is 747 g/mol. The van der Waals surface area contributed by atoms with Crippen molar-refractivity contribution in [2.45, 2.75) is 303 Å². The third-order valence-corrected chi connectivity index (χ3v) is 12.8. The van der Waals surface area contributed by atoms with Crippen LogP contribution in [0.2, 0.25) is 0 Å². The van der Waals surface area contributed by atoms with Crippen molar-refractivity contribution in [3.8, 4) is 0 Å². The lowest BCUT2D eigenvalue weighted by molar-refractivity contribution is -0.151. The fraction of sp³-hybridized carbons (Fsp3) is 0.943. The number of carbonyl (C=O) groups is 3. The van der Waals surface area contributed by atoms with Gasteiger partial charge in [0, 0.05) is 12.8 Å². The minimum atomic E-state index is -0.120. The van der Waals surface area contributed by atoms with E-state index in [0.717, 1.165) is 116 Å². The van der Waals surface area contributed by atoms with Crippen molar-refractivity contribution in [3.63, 3.8) is 0 Å². The fourth-order valence-corrected chi connectivity index (χ4v) is 8.92. The Morgan fingerprint density at radius 3 is 1.22 bits per heavy atom. The molecule has 0 aromatic carbocycles. The first-order valence-corrected chi connectivity index (χ1v) is 26.7. The Morgan fingerprint density at radius 2 is 0.800 bits per heavy atom. The highest BCUT2D eigenvalue weighted by molar-refractivity contribution is 5.76. The number of nitrogens with zero attached hydrogens (tertiary/aromatic N) is 1. The van der Waals surface area contributed by atoms with Gasteiger partial charge in [-0.25, -0.2) is 0 Å². The molecule has 1 rings (SSSR count). The van der Waals surface area contributed by atoms with Crippen LogP contribution in [0.25, 0.3) is 0 Å². The molecule has 0 bridgehead atoms. The highest BCUT2D eigenvalue weighted by Gasteiger charge is 2.31. The van der Waals surface area contributed by atoms with Crippen LogP contribution in [0.4, 0.5) is 0 Å². The standard InChI is InChI=1S/C53H101NO6/c1-5-9-13-17-21-29-38-48(39-30-22-18-14-10-6-2)59-51(55)43-33-25-27-35-45-54-46-37-42-50(54)53(57)58-47-36-28-26-34-44-52(56)60-49(40-31-23-19-15-11-7-3)41-32-24-20-16-12-8-4/h48-50H,5-47H2,1-4H3. The Kier molecular flexibility index (Phi) is 40.1. The maximum atomic E-state index is 13.0. The van der Waals surface area contributed by atoms with Gasteiger partial charge in [0.25, 0.3) is 0 Å². The van der Waals surface area contributed by atoms with Crippen LogP contribution in [-0.2, 0) is 28.6 Å². The smallest absolute Gasteiger partial charge is 0.323 e. The number of unbranched alkanes of at least 4 members (excludes halogenated alkanes) is 26. The van der Waals surface area contributed by atoms with E-state index in [4.69, 9.17) is 14.2 Å². The zero-order chi connectivity index (χ0) is 43.6. The van der Waals surface area contributed by atoms with Crippen molar-refractivity contribution in [1.29, 1.82) is 0 Å². The zero-order valence-electron chi connectivity index (χ0n) is 40.5. The van der Waals surface area contributed by atoms with Gasteiger partial charge in [0.15, 0.2) is 0 Å². The molecule has 354 valence electrons. The van der Waals surface area contributed by atoms with E-state index in [-0.39, 0.29) is 36.2 Å². The van der Waals surface area contributed by atoms with E-state index in [1.54, 1.807) is 0 Å². The Balaban J connectivity index is 2.24. The predicted octanol–water partition coefficient (Wildman–Crippen LogP) is 15.7. The van der Waals surface area contributed by atoms with Gasteiger partial charge in [-0.05, 0) is 103 Å². The molecule has 0 amide bonds. The Hall–Kier alpha value is -1.63. The first-order valence-electron chi connectivity index (χ1n) is 26.7.